The van der Waals surface area contributed by atoms with E-state index in [-0.39, 0.29) is 9.65 Å². The highest BCUT2D eigenvalue weighted by Gasteiger charge is 2.22. The molecule has 1 fully saturated rings. The molecule has 76 valence electrons. The summed E-state index contributed by atoms with van der Waals surface area (Å²) in [6.45, 7) is 0. The summed E-state index contributed by atoms with van der Waals surface area (Å²) in [5.74, 6) is 0.335. The van der Waals surface area contributed by atoms with Crippen LogP contribution in [0.5, 0.6) is 0 Å². The summed E-state index contributed by atoms with van der Waals surface area (Å²) in [4.78, 5) is 11.8. The van der Waals surface area contributed by atoms with E-state index in [0.717, 1.165) is 12.8 Å². The molecule has 3 heteroatoms. The fourth-order valence-corrected chi connectivity index (χ4v) is 3.30. The van der Waals surface area contributed by atoms with E-state index < -0.39 is 0 Å². The second-order valence-corrected chi connectivity index (χ2v) is 5.89. The number of carbonyl (C=O) groups excluding carboxylic acids is 1. The molecule has 1 saturated carbocycles. The van der Waals surface area contributed by atoms with Crippen molar-refractivity contribution >= 4 is 37.6 Å². The van der Waals surface area contributed by atoms with Crippen molar-refractivity contribution < 1.29 is 4.79 Å². The van der Waals surface area contributed by atoms with Crippen LogP contribution in [-0.2, 0) is 4.79 Å². The molecular weight excluding hydrogens is 296 g/mol. The molecule has 1 aliphatic rings. The van der Waals surface area contributed by atoms with Crippen molar-refractivity contribution in [3.8, 4) is 0 Å². The van der Waals surface area contributed by atoms with Gasteiger partial charge in [-0.05, 0) is 12.8 Å². The summed E-state index contributed by atoms with van der Waals surface area (Å²) in [5, 5.41) is 0. The maximum Gasteiger partial charge on any atom is 0.160 e. The van der Waals surface area contributed by atoms with E-state index in [2.05, 4.69) is 31.9 Å². The van der Waals surface area contributed by atoms with Crippen molar-refractivity contribution in [2.75, 3.05) is 0 Å². The summed E-state index contributed by atoms with van der Waals surface area (Å²) in [7, 11) is 0. The fourth-order valence-electron chi connectivity index (χ4n) is 1.66. The molecule has 0 heterocycles. The van der Waals surface area contributed by atoms with Crippen LogP contribution in [0.25, 0.3) is 0 Å². The van der Waals surface area contributed by atoms with Crippen LogP contribution in [0.15, 0.2) is 0 Å². The van der Waals surface area contributed by atoms with Gasteiger partial charge in [0.1, 0.15) is 0 Å². The van der Waals surface area contributed by atoms with Gasteiger partial charge in [-0.15, -0.1) is 0 Å². The van der Waals surface area contributed by atoms with Gasteiger partial charge >= 0.3 is 0 Å². The van der Waals surface area contributed by atoms with Crippen LogP contribution in [0.3, 0.4) is 0 Å². The van der Waals surface area contributed by atoms with E-state index in [9.17, 15) is 4.79 Å². The van der Waals surface area contributed by atoms with Gasteiger partial charge in [-0.25, -0.2) is 0 Å². The average molecular weight is 312 g/mol. The fraction of sp³-hybridized carbons (Fsp3) is 0.900. The SMILES string of the molecule is O=C1C(Br)CCCCCCCC1Br. The Labute approximate surface area is 96.9 Å². The lowest BCUT2D eigenvalue weighted by molar-refractivity contribution is -0.118. The monoisotopic (exact) mass is 310 g/mol. The third kappa shape index (κ3) is 4.11. The van der Waals surface area contributed by atoms with Crippen molar-refractivity contribution in [3.05, 3.63) is 0 Å². The molecule has 1 rings (SSSR count). The highest BCUT2D eigenvalue weighted by molar-refractivity contribution is 9.10. The summed E-state index contributed by atoms with van der Waals surface area (Å²) in [6.07, 6.45) is 8.25. The van der Waals surface area contributed by atoms with Gasteiger partial charge in [0, 0.05) is 0 Å². The van der Waals surface area contributed by atoms with Crippen LogP contribution in [0, 0.1) is 0 Å². The molecule has 2 atom stereocenters. The molecule has 0 radical (unpaired) electrons. The number of rotatable bonds is 0. The third-order valence-electron chi connectivity index (χ3n) is 2.53. The predicted molar refractivity (Wildman–Crippen MR) is 62.8 cm³/mol. The summed E-state index contributed by atoms with van der Waals surface area (Å²) in [6, 6.07) is 0. The van der Waals surface area contributed by atoms with Crippen LogP contribution in [0.1, 0.15) is 44.9 Å². The molecular formula is C10H16Br2O. The molecule has 1 aliphatic carbocycles. The van der Waals surface area contributed by atoms with E-state index in [1.54, 1.807) is 0 Å². The van der Waals surface area contributed by atoms with E-state index in [0.29, 0.717) is 5.78 Å². The van der Waals surface area contributed by atoms with Crippen LogP contribution in [0.2, 0.25) is 0 Å². The average Bonchev–Trinajstić information content (AvgIpc) is 2.13. The van der Waals surface area contributed by atoms with Crippen LogP contribution in [0.4, 0.5) is 0 Å². The van der Waals surface area contributed by atoms with Gasteiger partial charge in [0.15, 0.2) is 5.78 Å². The highest BCUT2D eigenvalue weighted by Crippen LogP contribution is 2.23. The van der Waals surface area contributed by atoms with E-state index in [1.165, 1.54) is 32.1 Å². The quantitative estimate of drug-likeness (QED) is 0.621. The highest BCUT2D eigenvalue weighted by atomic mass is 79.9. The van der Waals surface area contributed by atoms with Crippen molar-refractivity contribution in [3.63, 3.8) is 0 Å². The van der Waals surface area contributed by atoms with Crippen molar-refractivity contribution in [2.24, 2.45) is 0 Å². The largest absolute Gasteiger partial charge is 0.297 e. The lowest BCUT2D eigenvalue weighted by Gasteiger charge is -2.15. The van der Waals surface area contributed by atoms with Gasteiger partial charge in [0.05, 0.1) is 9.65 Å². The maximum atomic E-state index is 11.7. The lowest BCUT2D eigenvalue weighted by Crippen LogP contribution is -2.24. The van der Waals surface area contributed by atoms with Gasteiger partial charge in [0.2, 0.25) is 0 Å². The summed E-state index contributed by atoms with van der Waals surface area (Å²) < 4.78 is 0. The Bertz CT molecular complexity index is 154. The molecule has 0 aromatic heterocycles. The topological polar surface area (TPSA) is 17.1 Å². The first-order valence-corrected chi connectivity index (χ1v) is 6.87. The minimum atomic E-state index is 0.0787. The van der Waals surface area contributed by atoms with Crippen molar-refractivity contribution in [2.45, 2.75) is 54.6 Å². The van der Waals surface area contributed by atoms with E-state index >= 15 is 0 Å². The molecule has 0 spiro atoms. The first kappa shape index (κ1) is 11.7. The van der Waals surface area contributed by atoms with E-state index in [1.807, 2.05) is 0 Å². The molecule has 0 aliphatic heterocycles. The molecule has 13 heavy (non-hydrogen) atoms. The first-order valence-electron chi connectivity index (χ1n) is 5.03. The molecule has 2 unspecified atom stereocenters. The maximum absolute atomic E-state index is 11.7. The molecule has 0 amide bonds. The van der Waals surface area contributed by atoms with Gasteiger partial charge in [0.25, 0.3) is 0 Å². The van der Waals surface area contributed by atoms with Gasteiger partial charge < -0.3 is 0 Å². The summed E-state index contributed by atoms with van der Waals surface area (Å²) in [5.41, 5.74) is 0. The van der Waals surface area contributed by atoms with Crippen molar-refractivity contribution in [1.82, 2.24) is 0 Å². The Hall–Kier alpha value is 0.630. The number of hydrogen-bond acceptors (Lipinski definition) is 1. The zero-order chi connectivity index (χ0) is 9.68. The van der Waals surface area contributed by atoms with Gasteiger partial charge in [-0.2, -0.15) is 0 Å². The van der Waals surface area contributed by atoms with Crippen LogP contribution >= 0.6 is 31.9 Å². The van der Waals surface area contributed by atoms with Crippen molar-refractivity contribution in [1.29, 1.82) is 0 Å². The Morgan fingerprint density at radius 1 is 0.846 bits per heavy atom. The van der Waals surface area contributed by atoms with Gasteiger partial charge in [-0.1, -0.05) is 64.0 Å². The first-order chi connectivity index (χ1) is 6.22. The Morgan fingerprint density at radius 2 is 1.23 bits per heavy atom. The second-order valence-electron chi connectivity index (χ2n) is 3.68. The molecule has 0 N–H and O–H groups in total. The number of carbonyl (C=O) groups is 1. The smallest absolute Gasteiger partial charge is 0.160 e. The number of alkyl halides is 2. The molecule has 0 aromatic rings. The van der Waals surface area contributed by atoms with Gasteiger partial charge in [-0.3, -0.25) is 4.79 Å². The molecule has 0 saturated heterocycles. The predicted octanol–water partition coefficient (Wildman–Crippen LogP) is 3.83. The number of ketones is 1. The Morgan fingerprint density at radius 3 is 1.69 bits per heavy atom. The molecule has 0 aromatic carbocycles. The summed E-state index contributed by atoms with van der Waals surface area (Å²) >= 11 is 6.92. The second kappa shape index (κ2) is 6.18. The van der Waals surface area contributed by atoms with E-state index in [4.69, 9.17) is 0 Å². The Kier molecular flexibility index (Phi) is 5.56. The molecule has 1 nitrogen and oxygen atoms in total. The Balaban J connectivity index is 2.45. The number of halogens is 2. The zero-order valence-electron chi connectivity index (χ0n) is 7.77. The lowest BCUT2D eigenvalue weighted by atomic mass is 10.0. The van der Waals surface area contributed by atoms with Crippen LogP contribution in [-0.4, -0.2) is 15.4 Å². The minimum Gasteiger partial charge on any atom is -0.297 e. The number of Topliss-reactive ketones (excluding diaryl/α,β-unsaturated/α-hetero) is 1. The minimum absolute atomic E-state index is 0.0787. The zero-order valence-corrected chi connectivity index (χ0v) is 10.9. The van der Waals surface area contributed by atoms with Crippen LogP contribution < -0.4 is 0 Å². The third-order valence-corrected chi connectivity index (χ3v) is 4.35. The normalized spacial score (nSPS) is 32.9. The standard InChI is InChI=1S/C10H16Br2O/c11-8-6-4-2-1-3-5-7-9(12)10(8)13/h8-9H,1-7H2. The molecule has 0 bridgehead atoms. The number of hydrogen-bond donors (Lipinski definition) is 0.